The molecule has 0 amide bonds. The van der Waals surface area contributed by atoms with E-state index in [-0.39, 0.29) is 12.1 Å². The molecule has 0 bridgehead atoms. The van der Waals surface area contributed by atoms with Crippen molar-refractivity contribution in [3.05, 3.63) is 34.9 Å². The summed E-state index contributed by atoms with van der Waals surface area (Å²) in [6, 6.07) is 8.01. The molecule has 0 radical (unpaired) electrons. The van der Waals surface area contributed by atoms with Crippen molar-refractivity contribution in [2.24, 2.45) is 0 Å². The first-order valence-electron chi connectivity index (χ1n) is 7.34. The largest absolute Gasteiger partial charge is 0.394 e. The molecule has 114 valence electrons. The van der Waals surface area contributed by atoms with Crippen molar-refractivity contribution in [1.82, 2.24) is 5.32 Å². The highest BCUT2D eigenvalue weighted by atomic mass is 35.5. The number of halogens is 1. The van der Waals surface area contributed by atoms with Crippen LogP contribution in [0.4, 0.5) is 0 Å². The summed E-state index contributed by atoms with van der Waals surface area (Å²) in [6.45, 7) is 5.34. The third kappa shape index (κ3) is 5.65. The van der Waals surface area contributed by atoms with E-state index >= 15 is 0 Å². The fourth-order valence-corrected chi connectivity index (χ4v) is 3.57. The van der Waals surface area contributed by atoms with E-state index in [0.717, 1.165) is 42.3 Å². The fourth-order valence-electron chi connectivity index (χ4n) is 2.32. The van der Waals surface area contributed by atoms with Gasteiger partial charge in [0.25, 0.3) is 0 Å². The second kappa shape index (κ2) is 9.67. The number of aliphatic hydroxyl groups excluding tert-OH is 1. The second-order valence-corrected chi connectivity index (χ2v) is 6.58. The van der Waals surface area contributed by atoms with Crippen LogP contribution in [0.15, 0.2) is 24.3 Å². The van der Waals surface area contributed by atoms with Gasteiger partial charge < -0.3 is 10.4 Å². The van der Waals surface area contributed by atoms with E-state index in [1.54, 1.807) is 0 Å². The molecule has 1 atom stereocenters. The lowest BCUT2D eigenvalue weighted by molar-refractivity contribution is 0.148. The Hall–Kier alpha value is -0.220. The number of hydrogen-bond acceptors (Lipinski definition) is 3. The van der Waals surface area contributed by atoms with Crippen LogP contribution in [-0.2, 0) is 5.75 Å². The third-order valence-corrected chi connectivity index (χ3v) is 5.15. The minimum absolute atomic E-state index is 0.0975. The Bertz CT molecular complexity index is 382. The van der Waals surface area contributed by atoms with E-state index in [0.29, 0.717) is 0 Å². The average molecular weight is 316 g/mol. The molecule has 0 aliphatic heterocycles. The summed E-state index contributed by atoms with van der Waals surface area (Å²) in [6.07, 6.45) is 3.09. The quantitative estimate of drug-likeness (QED) is 0.637. The smallest absolute Gasteiger partial charge is 0.0613 e. The van der Waals surface area contributed by atoms with Crippen molar-refractivity contribution >= 4 is 23.4 Å². The zero-order valence-electron chi connectivity index (χ0n) is 12.5. The van der Waals surface area contributed by atoms with Gasteiger partial charge in [0.2, 0.25) is 0 Å². The van der Waals surface area contributed by atoms with Gasteiger partial charge in [-0.05, 0) is 43.2 Å². The van der Waals surface area contributed by atoms with Crippen LogP contribution in [0, 0.1) is 0 Å². The minimum Gasteiger partial charge on any atom is -0.394 e. The SMILES string of the molecule is CCNC(CC)(CO)CCCSCc1ccccc1Cl. The molecule has 0 spiro atoms. The van der Waals surface area contributed by atoms with Crippen LogP contribution in [-0.4, -0.2) is 29.5 Å². The molecule has 1 rings (SSSR count). The van der Waals surface area contributed by atoms with Crippen LogP contribution < -0.4 is 5.32 Å². The molecule has 0 aromatic heterocycles. The van der Waals surface area contributed by atoms with E-state index < -0.39 is 0 Å². The topological polar surface area (TPSA) is 32.3 Å². The lowest BCUT2D eigenvalue weighted by Crippen LogP contribution is -2.48. The van der Waals surface area contributed by atoms with Gasteiger partial charge in [-0.1, -0.05) is 43.6 Å². The van der Waals surface area contributed by atoms with Crippen molar-refractivity contribution in [2.45, 2.75) is 44.4 Å². The molecule has 0 aliphatic rings. The van der Waals surface area contributed by atoms with Gasteiger partial charge in [-0.15, -0.1) is 0 Å². The Morgan fingerprint density at radius 3 is 2.65 bits per heavy atom. The van der Waals surface area contributed by atoms with Gasteiger partial charge >= 0.3 is 0 Å². The normalized spacial score (nSPS) is 14.2. The standard InChI is InChI=1S/C16H26ClNOS/c1-3-16(13-19,18-4-2)10-7-11-20-12-14-8-5-6-9-15(14)17/h5-6,8-9,18-19H,3-4,7,10-13H2,1-2H3. The molecule has 1 aromatic rings. The van der Waals surface area contributed by atoms with E-state index in [1.165, 1.54) is 5.56 Å². The Morgan fingerprint density at radius 1 is 1.30 bits per heavy atom. The van der Waals surface area contributed by atoms with Crippen LogP contribution in [0.1, 0.15) is 38.7 Å². The lowest BCUT2D eigenvalue weighted by atomic mass is 9.91. The van der Waals surface area contributed by atoms with Crippen LogP contribution in [0.25, 0.3) is 0 Å². The van der Waals surface area contributed by atoms with Gasteiger partial charge in [-0.3, -0.25) is 0 Å². The number of rotatable bonds is 10. The number of likely N-dealkylation sites (N-methyl/N-ethyl adjacent to an activating group) is 1. The Balaban J connectivity index is 2.29. The van der Waals surface area contributed by atoms with Gasteiger partial charge in [0.15, 0.2) is 0 Å². The van der Waals surface area contributed by atoms with Crippen molar-refractivity contribution in [1.29, 1.82) is 0 Å². The molecular formula is C16H26ClNOS. The number of hydrogen-bond donors (Lipinski definition) is 2. The van der Waals surface area contributed by atoms with Gasteiger partial charge in [0.1, 0.15) is 0 Å². The molecule has 0 aliphatic carbocycles. The number of thioether (sulfide) groups is 1. The van der Waals surface area contributed by atoms with E-state index in [1.807, 2.05) is 30.0 Å². The molecule has 0 heterocycles. The zero-order chi connectivity index (χ0) is 14.8. The van der Waals surface area contributed by atoms with Gasteiger partial charge in [-0.2, -0.15) is 11.8 Å². The molecule has 1 unspecified atom stereocenters. The maximum Gasteiger partial charge on any atom is 0.0613 e. The maximum atomic E-state index is 9.59. The summed E-state index contributed by atoms with van der Waals surface area (Å²) < 4.78 is 0. The molecule has 0 saturated carbocycles. The molecule has 0 fully saturated rings. The molecule has 1 aromatic carbocycles. The lowest BCUT2D eigenvalue weighted by Gasteiger charge is -2.31. The molecule has 2 nitrogen and oxygen atoms in total. The minimum atomic E-state index is -0.0975. The first-order valence-corrected chi connectivity index (χ1v) is 8.87. The third-order valence-electron chi connectivity index (χ3n) is 3.69. The monoisotopic (exact) mass is 315 g/mol. The van der Waals surface area contributed by atoms with E-state index in [4.69, 9.17) is 11.6 Å². The summed E-state index contributed by atoms with van der Waals surface area (Å²) >= 11 is 8.05. The van der Waals surface area contributed by atoms with Gasteiger partial charge in [0.05, 0.1) is 6.61 Å². The predicted octanol–water partition coefficient (Wildman–Crippen LogP) is 4.10. The van der Waals surface area contributed by atoms with Gasteiger partial charge in [0, 0.05) is 16.3 Å². The molecule has 0 saturated heterocycles. The summed E-state index contributed by atoms with van der Waals surface area (Å²) in [5, 5.41) is 13.9. The summed E-state index contributed by atoms with van der Waals surface area (Å²) in [5.74, 6) is 2.05. The highest BCUT2D eigenvalue weighted by Gasteiger charge is 2.25. The summed E-state index contributed by atoms with van der Waals surface area (Å²) in [5.41, 5.74) is 1.11. The van der Waals surface area contributed by atoms with E-state index in [2.05, 4.69) is 25.2 Å². The van der Waals surface area contributed by atoms with Crippen molar-refractivity contribution in [3.8, 4) is 0 Å². The second-order valence-electron chi connectivity index (χ2n) is 5.07. The first kappa shape index (κ1) is 17.8. The molecular weight excluding hydrogens is 290 g/mol. The predicted molar refractivity (Wildman–Crippen MR) is 90.6 cm³/mol. The van der Waals surface area contributed by atoms with E-state index in [9.17, 15) is 5.11 Å². The number of nitrogens with one attached hydrogen (secondary N) is 1. The molecule has 4 heteroatoms. The zero-order valence-corrected chi connectivity index (χ0v) is 14.1. The maximum absolute atomic E-state index is 9.59. The van der Waals surface area contributed by atoms with Crippen molar-refractivity contribution in [3.63, 3.8) is 0 Å². The highest BCUT2D eigenvalue weighted by molar-refractivity contribution is 7.98. The van der Waals surface area contributed by atoms with Crippen molar-refractivity contribution < 1.29 is 5.11 Å². The summed E-state index contributed by atoms with van der Waals surface area (Å²) in [4.78, 5) is 0. The van der Waals surface area contributed by atoms with Gasteiger partial charge in [-0.25, -0.2) is 0 Å². The molecule has 2 N–H and O–H groups in total. The van der Waals surface area contributed by atoms with Crippen LogP contribution in [0.2, 0.25) is 5.02 Å². The number of aliphatic hydroxyl groups is 1. The summed E-state index contributed by atoms with van der Waals surface area (Å²) in [7, 11) is 0. The number of benzene rings is 1. The van der Waals surface area contributed by atoms with Crippen LogP contribution >= 0.6 is 23.4 Å². The fraction of sp³-hybridized carbons (Fsp3) is 0.625. The average Bonchev–Trinajstić information content (AvgIpc) is 2.47. The Morgan fingerprint density at radius 2 is 2.05 bits per heavy atom. The Kier molecular flexibility index (Phi) is 8.62. The molecule has 20 heavy (non-hydrogen) atoms. The van der Waals surface area contributed by atoms with Crippen molar-refractivity contribution in [2.75, 3.05) is 18.9 Å². The first-order chi connectivity index (χ1) is 9.67. The van der Waals surface area contributed by atoms with Crippen LogP contribution in [0.5, 0.6) is 0 Å². The highest BCUT2D eigenvalue weighted by Crippen LogP contribution is 2.23. The Labute approximate surface area is 132 Å². The van der Waals surface area contributed by atoms with Crippen LogP contribution in [0.3, 0.4) is 0 Å².